The first-order chi connectivity index (χ1) is 13.4. The molecule has 0 aliphatic heterocycles. The highest BCUT2D eigenvalue weighted by atomic mass is 35.5. The van der Waals surface area contributed by atoms with Crippen LogP contribution in [0.25, 0.3) is 0 Å². The van der Waals surface area contributed by atoms with Gasteiger partial charge in [-0.05, 0) is 50.1 Å². The molecule has 6 heteroatoms. The third-order valence-electron chi connectivity index (χ3n) is 4.39. The number of ether oxygens (including phenoxy) is 1. The minimum Gasteiger partial charge on any atom is -0.484 e. The number of carbonyl (C=O) groups excluding carboxylic acids is 2. The molecule has 0 saturated heterocycles. The molecule has 0 aliphatic carbocycles. The van der Waals surface area contributed by atoms with Crippen LogP contribution in [0.2, 0.25) is 5.02 Å². The van der Waals surface area contributed by atoms with Gasteiger partial charge >= 0.3 is 0 Å². The first-order valence-corrected chi connectivity index (χ1v) is 9.83. The number of halogens is 1. The van der Waals surface area contributed by atoms with Crippen molar-refractivity contribution in [3.63, 3.8) is 0 Å². The Morgan fingerprint density at radius 2 is 1.71 bits per heavy atom. The lowest BCUT2D eigenvalue weighted by Crippen LogP contribution is -2.50. The summed E-state index contributed by atoms with van der Waals surface area (Å²) in [4.78, 5) is 27.0. The number of amides is 2. The van der Waals surface area contributed by atoms with Crippen LogP contribution in [0.1, 0.15) is 31.4 Å². The van der Waals surface area contributed by atoms with Gasteiger partial charge in [0.25, 0.3) is 5.91 Å². The van der Waals surface area contributed by atoms with E-state index in [2.05, 4.69) is 5.32 Å². The van der Waals surface area contributed by atoms with Crippen molar-refractivity contribution < 1.29 is 14.3 Å². The molecule has 0 heterocycles. The van der Waals surface area contributed by atoms with E-state index < -0.39 is 6.04 Å². The normalized spacial score (nSPS) is 11.6. The number of benzene rings is 2. The van der Waals surface area contributed by atoms with Crippen LogP contribution in [0.3, 0.4) is 0 Å². The summed E-state index contributed by atoms with van der Waals surface area (Å²) >= 11 is 5.96. The van der Waals surface area contributed by atoms with Crippen molar-refractivity contribution >= 4 is 23.4 Å². The minimum absolute atomic E-state index is 0.132. The summed E-state index contributed by atoms with van der Waals surface area (Å²) in [6.45, 7) is 6.42. The average Bonchev–Trinajstić information content (AvgIpc) is 2.69. The second kappa shape index (κ2) is 10.7. The Balaban J connectivity index is 2.16. The summed E-state index contributed by atoms with van der Waals surface area (Å²) in [5.74, 6) is 0.215. The van der Waals surface area contributed by atoms with Crippen LogP contribution in [0.5, 0.6) is 5.75 Å². The Morgan fingerprint density at radius 1 is 1.07 bits per heavy atom. The summed E-state index contributed by atoms with van der Waals surface area (Å²) < 4.78 is 5.65. The number of aryl methyl sites for hydroxylation is 1. The van der Waals surface area contributed by atoms with E-state index in [0.29, 0.717) is 30.3 Å². The predicted octanol–water partition coefficient (Wildman–Crippen LogP) is 3.97. The molecule has 1 unspecified atom stereocenters. The summed E-state index contributed by atoms with van der Waals surface area (Å²) in [6, 6.07) is 14.2. The molecule has 5 nitrogen and oxygen atoms in total. The standard InChI is InChI=1S/C22H27ClN2O3/c1-4-20(22(27)24-5-2)25(14-17-8-10-18(23)11-9-17)21(26)15-28-19-12-6-16(3)7-13-19/h6-13,20H,4-5,14-15H2,1-3H3,(H,24,27). The van der Waals surface area contributed by atoms with Gasteiger partial charge in [0.2, 0.25) is 5.91 Å². The molecule has 150 valence electrons. The average molecular weight is 403 g/mol. The number of likely N-dealkylation sites (N-methyl/N-ethyl adjacent to an activating group) is 1. The number of nitrogens with one attached hydrogen (secondary N) is 1. The van der Waals surface area contributed by atoms with Crippen LogP contribution < -0.4 is 10.1 Å². The molecule has 2 aromatic rings. The fourth-order valence-electron chi connectivity index (χ4n) is 2.86. The molecule has 0 fully saturated rings. The number of rotatable bonds is 9. The zero-order valence-electron chi connectivity index (χ0n) is 16.6. The lowest BCUT2D eigenvalue weighted by molar-refractivity contribution is -0.142. The molecule has 0 aliphatic rings. The van der Waals surface area contributed by atoms with E-state index in [9.17, 15) is 9.59 Å². The molecule has 28 heavy (non-hydrogen) atoms. The van der Waals surface area contributed by atoms with Gasteiger partial charge in [-0.25, -0.2) is 0 Å². The van der Waals surface area contributed by atoms with E-state index in [1.54, 1.807) is 17.0 Å². The number of hydrogen-bond donors (Lipinski definition) is 1. The van der Waals surface area contributed by atoms with Gasteiger partial charge in [-0.15, -0.1) is 0 Å². The van der Waals surface area contributed by atoms with Crippen LogP contribution in [0.4, 0.5) is 0 Å². The van der Waals surface area contributed by atoms with Crippen molar-refractivity contribution in [2.75, 3.05) is 13.2 Å². The van der Waals surface area contributed by atoms with Gasteiger partial charge in [0.05, 0.1) is 0 Å². The zero-order valence-corrected chi connectivity index (χ0v) is 17.3. The second-order valence-electron chi connectivity index (χ2n) is 6.57. The van der Waals surface area contributed by atoms with E-state index in [4.69, 9.17) is 16.3 Å². The number of nitrogens with zero attached hydrogens (tertiary/aromatic N) is 1. The Kier molecular flexibility index (Phi) is 8.33. The monoisotopic (exact) mass is 402 g/mol. The molecule has 1 N–H and O–H groups in total. The van der Waals surface area contributed by atoms with Gasteiger partial charge in [0, 0.05) is 18.1 Å². The SMILES string of the molecule is CCNC(=O)C(CC)N(Cc1ccc(Cl)cc1)C(=O)COc1ccc(C)cc1. The van der Waals surface area contributed by atoms with Gasteiger partial charge in [-0.1, -0.05) is 48.4 Å². The van der Waals surface area contributed by atoms with Crippen LogP contribution in [-0.2, 0) is 16.1 Å². The van der Waals surface area contributed by atoms with Gasteiger partial charge in [-0.3, -0.25) is 9.59 Å². The van der Waals surface area contributed by atoms with Crippen molar-refractivity contribution in [2.24, 2.45) is 0 Å². The van der Waals surface area contributed by atoms with Gasteiger partial charge in [-0.2, -0.15) is 0 Å². The zero-order chi connectivity index (χ0) is 20.5. The fraction of sp³-hybridized carbons (Fsp3) is 0.364. The summed E-state index contributed by atoms with van der Waals surface area (Å²) in [5.41, 5.74) is 2.01. The van der Waals surface area contributed by atoms with Crippen LogP contribution in [0, 0.1) is 6.92 Å². The second-order valence-corrected chi connectivity index (χ2v) is 7.00. The van der Waals surface area contributed by atoms with E-state index in [-0.39, 0.29) is 18.4 Å². The Bertz CT molecular complexity index is 775. The number of hydrogen-bond acceptors (Lipinski definition) is 3. The molecular formula is C22H27ClN2O3. The van der Waals surface area contributed by atoms with Crippen molar-refractivity contribution in [1.82, 2.24) is 10.2 Å². The van der Waals surface area contributed by atoms with Crippen LogP contribution in [-0.4, -0.2) is 35.9 Å². The Morgan fingerprint density at radius 3 is 2.29 bits per heavy atom. The lowest BCUT2D eigenvalue weighted by atomic mass is 10.1. The van der Waals surface area contributed by atoms with Crippen molar-refractivity contribution in [2.45, 2.75) is 39.8 Å². The van der Waals surface area contributed by atoms with E-state index in [1.165, 1.54) is 0 Å². The highest BCUT2D eigenvalue weighted by Crippen LogP contribution is 2.16. The summed E-state index contributed by atoms with van der Waals surface area (Å²) in [6.07, 6.45) is 0.510. The number of carbonyl (C=O) groups is 2. The quantitative estimate of drug-likeness (QED) is 0.690. The smallest absolute Gasteiger partial charge is 0.261 e. The van der Waals surface area contributed by atoms with E-state index in [0.717, 1.165) is 11.1 Å². The van der Waals surface area contributed by atoms with Crippen molar-refractivity contribution in [3.05, 3.63) is 64.7 Å². The van der Waals surface area contributed by atoms with E-state index >= 15 is 0 Å². The molecule has 2 amide bonds. The molecule has 0 bridgehead atoms. The molecule has 0 aromatic heterocycles. The molecule has 0 saturated carbocycles. The molecule has 1 atom stereocenters. The highest BCUT2D eigenvalue weighted by molar-refractivity contribution is 6.30. The maximum atomic E-state index is 13.0. The first-order valence-electron chi connectivity index (χ1n) is 9.45. The lowest BCUT2D eigenvalue weighted by Gasteiger charge is -2.30. The molecular weight excluding hydrogens is 376 g/mol. The third-order valence-corrected chi connectivity index (χ3v) is 4.64. The van der Waals surface area contributed by atoms with Crippen LogP contribution in [0.15, 0.2) is 48.5 Å². The van der Waals surface area contributed by atoms with Gasteiger partial charge in [0.1, 0.15) is 11.8 Å². The largest absolute Gasteiger partial charge is 0.484 e. The van der Waals surface area contributed by atoms with E-state index in [1.807, 2.05) is 57.2 Å². The van der Waals surface area contributed by atoms with Gasteiger partial charge in [0.15, 0.2) is 6.61 Å². The predicted molar refractivity (Wildman–Crippen MR) is 111 cm³/mol. The maximum Gasteiger partial charge on any atom is 0.261 e. The van der Waals surface area contributed by atoms with Crippen molar-refractivity contribution in [1.29, 1.82) is 0 Å². The molecule has 2 aromatic carbocycles. The summed E-state index contributed by atoms with van der Waals surface area (Å²) in [7, 11) is 0. The highest BCUT2D eigenvalue weighted by Gasteiger charge is 2.28. The van der Waals surface area contributed by atoms with Crippen LogP contribution >= 0.6 is 11.6 Å². The fourth-order valence-corrected chi connectivity index (χ4v) is 2.99. The minimum atomic E-state index is -0.565. The Hall–Kier alpha value is -2.53. The van der Waals surface area contributed by atoms with Crippen molar-refractivity contribution in [3.8, 4) is 5.75 Å². The summed E-state index contributed by atoms with van der Waals surface area (Å²) in [5, 5.41) is 3.44. The maximum absolute atomic E-state index is 13.0. The molecule has 0 radical (unpaired) electrons. The molecule has 2 rings (SSSR count). The van der Waals surface area contributed by atoms with Gasteiger partial charge < -0.3 is 15.0 Å². The first kappa shape index (κ1) is 21.8. The topological polar surface area (TPSA) is 58.6 Å². The molecule has 0 spiro atoms. The Labute approximate surface area is 171 Å². The third kappa shape index (κ3) is 6.27.